The Labute approximate surface area is 160 Å². The smallest absolute Gasteiger partial charge is 0.128 e. The molecule has 0 spiro atoms. The summed E-state index contributed by atoms with van der Waals surface area (Å²) in [7, 11) is 0. The molecule has 0 aromatic heterocycles. The van der Waals surface area contributed by atoms with E-state index in [2.05, 4.69) is 26.5 Å². The van der Waals surface area contributed by atoms with Crippen molar-refractivity contribution in [2.24, 2.45) is 5.10 Å². The first kappa shape index (κ1) is 17.5. The van der Waals surface area contributed by atoms with Gasteiger partial charge in [-0.05, 0) is 48.0 Å². The second kappa shape index (κ2) is 8.70. The summed E-state index contributed by atoms with van der Waals surface area (Å²) >= 11 is 9.57. The van der Waals surface area contributed by atoms with Crippen LogP contribution in [0.3, 0.4) is 0 Å². The summed E-state index contributed by atoms with van der Waals surface area (Å²) in [6.45, 7) is 0.466. The Morgan fingerprint density at radius 3 is 2.64 bits per heavy atom. The SMILES string of the molecule is Clc1ccc(OCc2cccc(Br)c2)c(C=NNc2ccccc2)c1. The van der Waals surface area contributed by atoms with Crippen LogP contribution < -0.4 is 10.2 Å². The standard InChI is InChI=1S/C20H16BrClN2O/c21-17-6-4-5-15(11-17)14-25-20-10-9-18(22)12-16(20)13-23-24-19-7-2-1-3-8-19/h1-13,24H,14H2. The molecule has 3 rings (SSSR count). The second-order valence-electron chi connectivity index (χ2n) is 5.34. The molecular formula is C20H16BrClN2O. The molecule has 3 nitrogen and oxygen atoms in total. The largest absolute Gasteiger partial charge is 0.488 e. The lowest BCUT2D eigenvalue weighted by molar-refractivity contribution is 0.306. The molecule has 0 aliphatic rings. The number of halogens is 2. The lowest BCUT2D eigenvalue weighted by atomic mass is 10.2. The highest BCUT2D eigenvalue weighted by Crippen LogP contribution is 2.23. The molecule has 3 aromatic rings. The maximum Gasteiger partial charge on any atom is 0.128 e. The number of para-hydroxylation sites is 1. The van der Waals surface area contributed by atoms with Crippen molar-refractivity contribution in [1.29, 1.82) is 0 Å². The summed E-state index contributed by atoms with van der Waals surface area (Å²) in [6, 6.07) is 23.2. The predicted molar refractivity (Wildman–Crippen MR) is 108 cm³/mol. The number of nitrogens with zero attached hydrogens (tertiary/aromatic N) is 1. The maximum absolute atomic E-state index is 6.11. The van der Waals surface area contributed by atoms with E-state index in [1.165, 1.54) is 0 Å². The first-order valence-corrected chi connectivity index (χ1v) is 8.89. The predicted octanol–water partition coefficient (Wildman–Crippen LogP) is 6.13. The van der Waals surface area contributed by atoms with Crippen molar-refractivity contribution < 1.29 is 4.74 Å². The van der Waals surface area contributed by atoms with Crippen LogP contribution in [0.1, 0.15) is 11.1 Å². The van der Waals surface area contributed by atoms with Gasteiger partial charge in [-0.1, -0.05) is 57.9 Å². The van der Waals surface area contributed by atoms with Gasteiger partial charge in [-0.3, -0.25) is 5.43 Å². The van der Waals surface area contributed by atoms with E-state index >= 15 is 0 Å². The highest BCUT2D eigenvalue weighted by atomic mass is 79.9. The van der Waals surface area contributed by atoms with E-state index in [1.54, 1.807) is 12.3 Å². The van der Waals surface area contributed by atoms with Crippen molar-refractivity contribution in [3.05, 3.63) is 93.4 Å². The lowest BCUT2D eigenvalue weighted by Gasteiger charge is -2.10. The number of nitrogens with one attached hydrogen (secondary N) is 1. The molecule has 3 aromatic carbocycles. The van der Waals surface area contributed by atoms with Gasteiger partial charge in [-0.25, -0.2) is 0 Å². The summed E-state index contributed by atoms with van der Waals surface area (Å²) in [5.74, 6) is 0.725. The molecule has 25 heavy (non-hydrogen) atoms. The number of benzene rings is 3. The highest BCUT2D eigenvalue weighted by molar-refractivity contribution is 9.10. The van der Waals surface area contributed by atoms with Gasteiger partial charge in [-0.15, -0.1) is 0 Å². The number of hydrogen-bond donors (Lipinski definition) is 1. The fourth-order valence-electron chi connectivity index (χ4n) is 2.23. The molecule has 0 aliphatic heterocycles. The van der Waals surface area contributed by atoms with Crippen LogP contribution in [0, 0.1) is 0 Å². The van der Waals surface area contributed by atoms with Gasteiger partial charge in [-0.2, -0.15) is 5.10 Å². The van der Waals surface area contributed by atoms with E-state index in [9.17, 15) is 0 Å². The summed E-state index contributed by atoms with van der Waals surface area (Å²) in [5.41, 5.74) is 5.79. The van der Waals surface area contributed by atoms with Crippen LogP contribution >= 0.6 is 27.5 Å². The third-order valence-electron chi connectivity index (χ3n) is 3.43. The first-order chi connectivity index (χ1) is 12.2. The van der Waals surface area contributed by atoms with E-state index in [0.29, 0.717) is 11.6 Å². The molecule has 0 bridgehead atoms. The Balaban J connectivity index is 1.71. The second-order valence-corrected chi connectivity index (χ2v) is 6.69. The Bertz CT molecular complexity index is 869. The Morgan fingerprint density at radius 1 is 1.00 bits per heavy atom. The summed E-state index contributed by atoms with van der Waals surface area (Å²) in [5, 5.41) is 4.90. The van der Waals surface area contributed by atoms with Gasteiger partial charge in [0.25, 0.3) is 0 Å². The Hall–Kier alpha value is -2.30. The van der Waals surface area contributed by atoms with Crippen LogP contribution in [0.5, 0.6) is 5.75 Å². The number of rotatable bonds is 6. The van der Waals surface area contributed by atoms with Crippen molar-refractivity contribution in [3.63, 3.8) is 0 Å². The molecule has 0 amide bonds. The molecule has 0 fully saturated rings. The molecule has 0 atom stereocenters. The summed E-state index contributed by atoms with van der Waals surface area (Å²) in [4.78, 5) is 0. The van der Waals surface area contributed by atoms with Crippen molar-refractivity contribution in [2.75, 3.05) is 5.43 Å². The van der Waals surface area contributed by atoms with E-state index in [-0.39, 0.29) is 0 Å². The zero-order valence-corrected chi connectivity index (χ0v) is 15.7. The minimum absolute atomic E-state index is 0.466. The van der Waals surface area contributed by atoms with Crippen molar-refractivity contribution >= 4 is 39.4 Å². The topological polar surface area (TPSA) is 33.6 Å². The lowest BCUT2D eigenvalue weighted by Crippen LogP contribution is -1.99. The number of hydrazone groups is 1. The Kier molecular flexibility index (Phi) is 6.09. The summed E-state index contributed by atoms with van der Waals surface area (Å²) < 4.78 is 6.96. The van der Waals surface area contributed by atoms with Gasteiger partial charge in [0.15, 0.2) is 0 Å². The quantitative estimate of drug-likeness (QED) is 0.388. The van der Waals surface area contributed by atoms with Gasteiger partial charge in [0.1, 0.15) is 12.4 Å². The van der Waals surface area contributed by atoms with Crippen LogP contribution in [0.15, 0.2) is 82.4 Å². The van der Waals surface area contributed by atoms with Gasteiger partial charge in [0.05, 0.1) is 11.9 Å². The minimum atomic E-state index is 0.466. The molecule has 126 valence electrons. The van der Waals surface area contributed by atoms with E-state index < -0.39 is 0 Å². The van der Waals surface area contributed by atoms with Crippen LogP contribution in [-0.4, -0.2) is 6.21 Å². The molecule has 0 unspecified atom stereocenters. The van der Waals surface area contributed by atoms with Crippen LogP contribution in [0.2, 0.25) is 5.02 Å². The van der Waals surface area contributed by atoms with Gasteiger partial charge >= 0.3 is 0 Å². The average Bonchev–Trinajstić information content (AvgIpc) is 2.62. The third-order valence-corrected chi connectivity index (χ3v) is 4.15. The van der Waals surface area contributed by atoms with Gasteiger partial charge in [0, 0.05) is 15.1 Å². The normalized spacial score (nSPS) is 10.8. The fraction of sp³-hybridized carbons (Fsp3) is 0.0500. The van der Waals surface area contributed by atoms with Gasteiger partial charge in [0.2, 0.25) is 0 Å². The molecular weight excluding hydrogens is 400 g/mol. The van der Waals surface area contributed by atoms with Crippen LogP contribution in [-0.2, 0) is 6.61 Å². The van der Waals surface area contributed by atoms with Crippen molar-refractivity contribution in [1.82, 2.24) is 0 Å². The number of hydrogen-bond acceptors (Lipinski definition) is 3. The highest BCUT2D eigenvalue weighted by Gasteiger charge is 2.04. The monoisotopic (exact) mass is 414 g/mol. The third kappa shape index (κ3) is 5.34. The molecule has 0 heterocycles. The minimum Gasteiger partial charge on any atom is -0.488 e. The van der Waals surface area contributed by atoms with Crippen LogP contribution in [0.25, 0.3) is 0 Å². The van der Waals surface area contributed by atoms with E-state index in [4.69, 9.17) is 16.3 Å². The zero-order chi connectivity index (χ0) is 17.5. The summed E-state index contributed by atoms with van der Waals surface area (Å²) in [6.07, 6.45) is 1.70. The zero-order valence-electron chi connectivity index (χ0n) is 13.3. The fourth-order valence-corrected chi connectivity index (χ4v) is 2.86. The molecule has 0 saturated heterocycles. The molecule has 0 saturated carbocycles. The van der Waals surface area contributed by atoms with Crippen molar-refractivity contribution in [2.45, 2.75) is 6.61 Å². The van der Waals surface area contributed by atoms with E-state index in [1.807, 2.05) is 66.7 Å². The number of ether oxygens (including phenoxy) is 1. The first-order valence-electron chi connectivity index (χ1n) is 7.71. The molecule has 5 heteroatoms. The average molecular weight is 416 g/mol. The molecule has 0 aliphatic carbocycles. The van der Waals surface area contributed by atoms with Crippen molar-refractivity contribution in [3.8, 4) is 5.75 Å². The Morgan fingerprint density at radius 2 is 1.84 bits per heavy atom. The molecule has 0 radical (unpaired) electrons. The number of anilines is 1. The van der Waals surface area contributed by atoms with Gasteiger partial charge < -0.3 is 4.74 Å². The maximum atomic E-state index is 6.11. The van der Waals surface area contributed by atoms with Crippen LogP contribution in [0.4, 0.5) is 5.69 Å². The van der Waals surface area contributed by atoms with E-state index in [0.717, 1.165) is 27.0 Å². The molecule has 1 N–H and O–H groups in total.